The van der Waals surface area contributed by atoms with Crippen LogP contribution in [0.4, 0.5) is 0 Å². The van der Waals surface area contributed by atoms with Crippen LogP contribution >= 0.6 is 0 Å². The molecule has 0 bridgehead atoms. The third-order valence-corrected chi connectivity index (χ3v) is 4.28. The van der Waals surface area contributed by atoms with Crippen molar-refractivity contribution in [3.63, 3.8) is 0 Å². The molecule has 2 fully saturated rings. The molecule has 23 heavy (non-hydrogen) atoms. The van der Waals surface area contributed by atoms with Gasteiger partial charge in [0.25, 0.3) is 0 Å². The summed E-state index contributed by atoms with van der Waals surface area (Å²) in [7, 11) is 0. The summed E-state index contributed by atoms with van der Waals surface area (Å²) in [6, 6.07) is 0. The molecular formula is C14H20O9. The Balaban J connectivity index is 2.23. The summed E-state index contributed by atoms with van der Waals surface area (Å²) in [6.07, 6.45) is -2.16. The number of hydrogen-bond acceptors (Lipinski definition) is 6. The predicted octanol–water partition coefficient (Wildman–Crippen LogP) is -0.0334. The smallest absolute Gasteiger partial charge is 0.337 e. The first-order valence-electron chi connectivity index (χ1n) is 7.30. The predicted molar refractivity (Wildman–Crippen MR) is 73.0 cm³/mol. The van der Waals surface area contributed by atoms with Gasteiger partial charge < -0.3 is 29.5 Å². The molecule has 130 valence electrons. The topological polar surface area (TPSA) is 146 Å². The van der Waals surface area contributed by atoms with E-state index in [4.69, 9.17) is 19.3 Å². The van der Waals surface area contributed by atoms with Crippen molar-refractivity contribution in [2.24, 2.45) is 5.92 Å². The molecule has 0 amide bonds. The van der Waals surface area contributed by atoms with Crippen molar-refractivity contribution in [2.75, 3.05) is 6.61 Å². The molecule has 0 aromatic heterocycles. The van der Waals surface area contributed by atoms with Gasteiger partial charge in [0.1, 0.15) is 6.10 Å². The Morgan fingerprint density at radius 3 is 1.96 bits per heavy atom. The lowest BCUT2D eigenvalue weighted by Crippen LogP contribution is -2.54. The van der Waals surface area contributed by atoms with Crippen LogP contribution in [0.1, 0.15) is 26.7 Å². The lowest BCUT2D eigenvalue weighted by molar-refractivity contribution is -0.190. The third-order valence-electron chi connectivity index (χ3n) is 4.28. The molecule has 0 aliphatic carbocycles. The van der Waals surface area contributed by atoms with E-state index >= 15 is 0 Å². The number of carboxylic acid groups (broad SMARTS) is 3. The van der Waals surface area contributed by atoms with Gasteiger partial charge in [-0.1, -0.05) is 0 Å². The highest BCUT2D eigenvalue weighted by Gasteiger charge is 2.56. The van der Waals surface area contributed by atoms with Crippen LogP contribution < -0.4 is 0 Å². The fourth-order valence-electron chi connectivity index (χ4n) is 2.62. The van der Waals surface area contributed by atoms with Gasteiger partial charge >= 0.3 is 17.9 Å². The van der Waals surface area contributed by atoms with E-state index in [1.54, 1.807) is 13.8 Å². The van der Waals surface area contributed by atoms with Gasteiger partial charge in [0.05, 0.1) is 37.3 Å². The summed E-state index contributed by atoms with van der Waals surface area (Å²) in [5.41, 5.74) is -2.37. The largest absolute Gasteiger partial charge is 0.481 e. The number of ether oxygens (including phenoxy) is 3. The normalized spacial score (nSPS) is 32.6. The zero-order chi connectivity index (χ0) is 17.4. The van der Waals surface area contributed by atoms with E-state index < -0.39 is 42.0 Å². The minimum absolute atomic E-state index is 0.124. The Hall–Kier alpha value is -1.71. The highest BCUT2D eigenvalue weighted by atomic mass is 16.6. The number of hydrogen-bond donors (Lipinski definition) is 3. The number of epoxide rings is 2. The summed E-state index contributed by atoms with van der Waals surface area (Å²) < 4.78 is 15.6. The van der Waals surface area contributed by atoms with Crippen LogP contribution in [0.25, 0.3) is 0 Å². The van der Waals surface area contributed by atoms with Crippen molar-refractivity contribution in [1.29, 1.82) is 0 Å². The fourth-order valence-corrected chi connectivity index (χ4v) is 2.62. The van der Waals surface area contributed by atoms with Gasteiger partial charge in [-0.05, 0) is 20.3 Å². The maximum atomic E-state index is 11.8. The minimum Gasteiger partial charge on any atom is -0.481 e. The fraction of sp³-hybridized carbons (Fsp3) is 0.786. The molecule has 9 heteroatoms. The second kappa shape index (κ2) is 6.42. The first-order chi connectivity index (χ1) is 10.7. The zero-order valence-corrected chi connectivity index (χ0v) is 12.8. The molecule has 6 unspecified atom stereocenters. The summed E-state index contributed by atoms with van der Waals surface area (Å²) in [5.74, 6) is -6.04. The van der Waals surface area contributed by atoms with E-state index in [1.165, 1.54) is 0 Å². The number of carboxylic acids is 3. The van der Waals surface area contributed by atoms with Crippen LogP contribution in [0, 0.1) is 5.92 Å². The molecule has 3 N–H and O–H groups in total. The van der Waals surface area contributed by atoms with Gasteiger partial charge in [-0.15, -0.1) is 0 Å². The summed E-state index contributed by atoms with van der Waals surface area (Å²) in [4.78, 5) is 34.5. The molecule has 0 saturated carbocycles. The van der Waals surface area contributed by atoms with Crippen LogP contribution in [0.2, 0.25) is 0 Å². The molecule has 9 nitrogen and oxygen atoms in total. The van der Waals surface area contributed by atoms with Crippen molar-refractivity contribution in [1.82, 2.24) is 0 Å². The Bertz CT molecular complexity index is 504. The molecular weight excluding hydrogens is 312 g/mol. The van der Waals surface area contributed by atoms with E-state index in [0.717, 1.165) is 0 Å². The highest BCUT2D eigenvalue weighted by molar-refractivity contribution is 5.90. The molecule has 2 rings (SSSR count). The number of aliphatic carboxylic acids is 3. The van der Waals surface area contributed by atoms with Crippen LogP contribution in [0.3, 0.4) is 0 Å². The van der Waals surface area contributed by atoms with E-state index in [2.05, 4.69) is 0 Å². The van der Waals surface area contributed by atoms with Gasteiger partial charge in [-0.25, -0.2) is 4.79 Å². The van der Waals surface area contributed by atoms with Crippen LogP contribution in [-0.2, 0) is 28.6 Å². The average Bonchev–Trinajstić information content (AvgIpc) is 3.31. The molecule has 2 saturated heterocycles. The lowest BCUT2D eigenvalue weighted by Gasteiger charge is -2.33. The van der Waals surface area contributed by atoms with Gasteiger partial charge in [-0.2, -0.15) is 0 Å². The molecule has 0 spiro atoms. The highest BCUT2D eigenvalue weighted by Crippen LogP contribution is 2.38. The van der Waals surface area contributed by atoms with Crippen LogP contribution in [-0.4, -0.2) is 69.9 Å². The van der Waals surface area contributed by atoms with Crippen molar-refractivity contribution in [3.8, 4) is 0 Å². The van der Waals surface area contributed by atoms with Crippen LogP contribution in [0.15, 0.2) is 0 Å². The molecule has 0 radical (unpaired) electrons. The van der Waals surface area contributed by atoms with E-state index in [0.29, 0.717) is 0 Å². The minimum atomic E-state index is -2.37. The molecule has 6 atom stereocenters. The zero-order valence-electron chi connectivity index (χ0n) is 12.8. The third kappa shape index (κ3) is 3.98. The Labute approximate surface area is 132 Å². The first kappa shape index (κ1) is 17.6. The average molecular weight is 332 g/mol. The summed E-state index contributed by atoms with van der Waals surface area (Å²) >= 11 is 0. The number of carbonyl (C=O) groups is 3. The van der Waals surface area contributed by atoms with Gasteiger partial charge in [0.2, 0.25) is 0 Å². The second-order valence-electron chi connectivity index (χ2n) is 5.96. The molecule has 2 aliphatic heterocycles. The summed E-state index contributed by atoms with van der Waals surface area (Å²) in [6.45, 7) is 3.30. The van der Waals surface area contributed by atoms with Gasteiger partial charge in [-0.3, -0.25) is 9.59 Å². The van der Waals surface area contributed by atoms with E-state index in [1.807, 2.05) is 0 Å². The maximum Gasteiger partial charge on any atom is 0.337 e. The maximum absolute atomic E-state index is 11.8. The first-order valence-corrected chi connectivity index (χ1v) is 7.30. The quantitative estimate of drug-likeness (QED) is 0.469. The van der Waals surface area contributed by atoms with Crippen molar-refractivity contribution in [2.45, 2.75) is 56.7 Å². The van der Waals surface area contributed by atoms with Crippen molar-refractivity contribution in [3.05, 3.63) is 0 Å². The van der Waals surface area contributed by atoms with Crippen molar-refractivity contribution < 1.29 is 43.9 Å². The molecule has 0 aromatic rings. The SMILES string of the molecule is CC1OC1COC(CC(=O)O)(C(=O)O)C(CC1OC1C)C(=O)O. The second-order valence-corrected chi connectivity index (χ2v) is 5.96. The standard InChI is InChI=1S/C14H20O9/c1-6-9(22-6)3-8(12(17)18)14(13(19)20,4-11(15)16)21-5-10-7(2)23-10/h6-10H,3-5H2,1-2H3,(H,15,16)(H,17,18)(H,19,20). The van der Waals surface area contributed by atoms with Gasteiger partial charge in [0, 0.05) is 0 Å². The Morgan fingerprint density at radius 2 is 1.61 bits per heavy atom. The Morgan fingerprint density at radius 1 is 1.09 bits per heavy atom. The van der Waals surface area contributed by atoms with Crippen LogP contribution in [0.5, 0.6) is 0 Å². The molecule has 2 aliphatic rings. The van der Waals surface area contributed by atoms with Crippen molar-refractivity contribution >= 4 is 17.9 Å². The van der Waals surface area contributed by atoms with Gasteiger partial charge in [0.15, 0.2) is 5.60 Å². The Kier molecular flexibility index (Phi) is 4.92. The molecule has 0 aromatic carbocycles. The lowest BCUT2D eigenvalue weighted by atomic mass is 9.80. The molecule has 2 heterocycles. The van der Waals surface area contributed by atoms with E-state index in [9.17, 15) is 24.6 Å². The monoisotopic (exact) mass is 332 g/mol. The number of rotatable bonds is 10. The summed E-state index contributed by atoms with van der Waals surface area (Å²) in [5, 5.41) is 28.1. The van der Waals surface area contributed by atoms with E-state index in [-0.39, 0.29) is 31.3 Å².